The summed E-state index contributed by atoms with van der Waals surface area (Å²) in [7, 11) is 0. The first-order valence-corrected chi connectivity index (χ1v) is 9.82. The number of hydrogen-bond donors (Lipinski definition) is 1. The van der Waals surface area contributed by atoms with Crippen molar-refractivity contribution in [3.8, 4) is 5.75 Å². The molecule has 0 saturated carbocycles. The molecular weight excluding hydrogens is 376 g/mol. The summed E-state index contributed by atoms with van der Waals surface area (Å²) >= 11 is 6.18. The maximum Gasteiger partial charge on any atom is 0.227 e. The lowest BCUT2D eigenvalue weighted by Crippen LogP contribution is -2.33. The van der Waals surface area contributed by atoms with E-state index in [0.29, 0.717) is 18.1 Å². The molecule has 0 bridgehead atoms. The molecule has 0 aliphatic carbocycles. The molecule has 5 nitrogen and oxygen atoms in total. The van der Waals surface area contributed by atoms with Gasteiger partial charge in [-0.25, -0.2) is 0 Å². The standard InChI is InChI=1S/C22H25ClN2O3/c1-14(2)28-20-10-5-4-7-16(20)12-24-22(27)17-11-21(26)25(13-17)19-9-6-8-18(23)15(19)3/h4-10,14,17H,11-13H2,1-3H3,(H,24,27)/t17-/m0/s1. The van der Waals surface area contributed by atoms with Gasteiger partial charge in [0.05, 0.1) is 12.0 Å². The van der Waals surface area contributed by atoms with Crippen LogP contribution in [0.15, 0.2) is 42.5 Å². The highest BCUT2D eigenvalue weighted by Crippen LogP contribution is 2.31. The minimum absolute atomic E-state index is 0.0544. The quantitative estimate of drug-likeness (QED) is 0.793. The second-order valence-electron chi connectivity index (χ2n) is 7.28. The Bertz CT molecular complexity index is 882. The Balaban J connectivity index is 1.65. The average molecular weight is 401 g/mol. The van der Waals surface area contributed by atoms with Gasteiger partial charge in [0.25, 0.3) is 0 Å². The SMILES string of the molecule is Cc1c(Cl)cccc1N1C[C@@H](C(=O)NCc2ccccc2OC(C)C)CC1=O. The topological polar surface area (TPSA) is 58.6 Å². The van der Waals surface area contributed by atoms with Gasteiger partial charge in [0.2, 0.25) is 11.8 Å². The summed E-state index contributed by atoms with van der Waals surface area (Å²) in [5.41, 5.74) is 2.53. The Kier molecular flexibility index (Phi) is 6.25. The Morgan fingerprint density at radius 1 is 1.25 bits per heavy atom. The van der Waals surface area contributed by atoms with Gasteiger partial charge in [0, 0.05) is 35.8 Å². The van der Waals surface area contributed by atoms with Gasteiger partial charge in [-0.1, -0.05) is 35.9 Å². The maximum absolute atomic E-state index is 12.7. The molecule has 1 aliphatic heterocycles. The van der Waals surface area contributed by atoms with Crippen LogP contribution < -0.4 is 15.0 Å². The fourth-order valence-electron chi connectivity index (χ4n) is 3.35. The fourth-order valence-corrected chi connectivity index (χ4v) is 3.52. The van der Waals surface area contributed by atoms with E-state index in [0.717, 1.165) is 22.6 Å². The molecule has 148 valence electrons. The zero-order valence-electron chi connectivity index (χ0n) is 16.4. The van der Waals surface area contributed by atoms with Crippen LogP contribution in [0.4, 0.5) is 5.69 Å². The molecule has 0 spiro atoms. The number of benzene rings is 2. The maximum atomic E-state index is 12.7. The summed E-state index contributed by atoms with van der Waals surface area (Å²) in [6, 6.07) is 13.1. The molecule has 2 aromatic rings. The molecule has 3 rings (SSSR count). The van der Waals surface area contributed by atoms with E-state index < -0.39 is 0 Å². The van der Waals surface area contributed by atoms with Crippen LogP contribution in [0.2, 0.25) is 5.02 Å². The van der Waals surface area contributed by atoms with Crippen molar-refractivity contribution in [3.63, 3.8) is 0 Å². The van der Waals surface area contributed by atoms with Gasteiger partial charge >= 0.3 is 0 Å². The van der Waals surface area contributed by atoms with Gasteiger partial charge in [-0.3, -0.25) is 9.59 Å². The molecular formula is C22H25ClN2O3. The molecule has 28 heavy (non-hydrogen) atoms. The minimum atomic E-state index is -0.385. The van der Waals surface area contributed by atoms with E-state index in [2.05, 4.69) is 5.32 Å². The number of amides is 2. The predicted octanol–water partition coefficient (Wildman–Crippen LogP) is 4.10. The van der Waals surface area contributed by atoms with E-state index in [1.54, 1.807) is 11.0 Å². The normalized spacial score (nSPS) is 16.5. The lowest BCUT2D eigenvalue weighted by molar-refractivity contribution is -0.126. The lowest BCUT2D eigenvalue weighted by atomic mass is 10.1. The van der Waals surface area contributed by atoms with Crippen molar-refractivity contribution in [1.82, 2.24) is 5.32 Å². The van der Waals surface area contributed by atoms with Crippen molar-refractivity contribution in [2.45, 2.75) is 39.8 Å². The number of hydrogen-bond acceptors (Lipinski definition) is 3. The van der Waals surface area contributed by atoms with E-state index >= 15 is 0 Å². The zero-order chi connectivity index (χ0) is 20.3. The van der Waals surface area contributed by atoms with E-state index in [1.165, 1.54) is 0 Å². The third-order valence-electron chi connectivity index (χ3n) is 4.81. The Hall–Kier alpha value is -2.53. The smallest absolute Gasteiger partial charge is 0.227 e. The molecule has 1 aliphatic rings. The summed E-state index contributed by atoms with van der Waals surface area (Å²) in [5, 5.41) is 3.56. The van der Waals surface area contributed by atoms with Crippen molar-refractivity contribution >= 4 is 29.1 Å². The number of nitrogens with one attached hydrogen (secondary N) is 1. The van der Waals surface area contributed by atoms with Crippen molar-refractivity contribution in [3.05, 3.63) is 58.6 Å². The number of para-hydroxylation sites is 1. The second-order valence-corrected chi connectivity index (χ2v) is 7.69. The third-order valence-corrected chi connectivity index (χ3v) is 5.22. The number of nitrogens with zero attached hydrogens (tertiary/aromatic N) is 1. The minimum Gasteiger partial charge on any atom is -0.491 e. The van der Waals surface area contributed by atoms with Gasteiger partial charge in [-0.15, -0.1) is 0 Å². The summed E-state index contributed by atoms with van der Waals surface area (Å²) in [6.07, 6.45) is 0.251. The van der Waals surface area contributed by atoms with Crippen molar-refractivity contribution < 1.29 is 14.3 Å². The van der Waals surface area contributed by atoms with Crippen LogP contribution in [0.25, 0.3) is 0 Å². The lowest BCUT2D eigenvalue weighted by Gasteiger charge is -2.20. The predicted molar refractivity (Wildman–Crippen MR) is 111 cm³/mol. The van der Waals surface area contributed by atoms with E-state index in [-0.39, 0.29) is 30.3 Å². The van der Waals surface area contributed by atoms with Crippen LogP contribution in [0.5, 0.6) is 5.75 Å². The molecule has 1 fully saturated rings. The van der Waals surface area contributed by atoms with Gasteiger partial charge in [0.15, 0.2) is 0 Å². The first-order chi connectivity index (χ1) is 13.4. The summed E-state index contributed by atoms with van der Waals surface area (Å²) in [4.78, 5) is 26.8. The molecule has 2 aromatic carbocycles. The van der Waals surface area contributed by atoms with Gasteiger partial charge < -0.3 is 15.0 Å². The largest absolute Gasteiger partial charge is 0.491 e. The molecule has 6 heteroatoms. The molecule has 0 aromatic heterocycles. The van der Waals surface area contributed by atoms with E-state index in [9.17, 15) is 9.59 Å². The Labute approximate surface area is 170 Å². The first-order valence-electron chi connectivity index (χ1n) is 9.44. The first kappa shape index (κ1) is 20.2. The number of carbonyl (C=O) groups is 2. The van der Waals surface area contributed by atoms with Gasteiger partial charge in [-0.05, 0) is 44.5 Å². The van der Waals surface area contributed by atoms with E-state index in [4.69, 9.17) is 16.3 Å². The van der Waals surface area contributed by atoms with Crippen molar-refractivity contribution in [1.29, 1.82) is 0 Å². The summed E-state index contributed by atoms with van der Waals surface area (Å²) in [5.74, 6) is 0.185. The molecule has 1 heterocycles. The van der Waals surface area contributed by atoms with Crippen molar-refractivity contribution in [2.75, 3.05) is 11.4 Å². The van der Waals surface area contributed by atoms with Crippen LogP contribution in [0, 0.1) is 12.8 Å². The monoisotopic (exact) mass is 400 g/mol. The molecule has 0 unspecified atom stereocenters. The summed E-state index contributed by atoms with van der Waals surface area (Å²) in [6.45, 7) is 6.53. The summed E-state index contributed by atoms with van der Waals surface area (Å²) < 4.78 is 5.79. The number of ether oxygens (including phenoxy) is 1. The number of anilines is 1. The third kappa shape index (κ3) is 4.47. The van der Waals surface area contributed by atoms with Crippen LogP contribution in [-0.4, -0.2) is 24.5 Å². The van der Waals surface area contributed by atoms with Crippen LogP contribution in [-0.2, 0) is 16.1 Å². The fraction of sp³-hybridized carbons (Fsp3) is 0.364. The van der Waals surface area contributed by atoms with Crippen LogP contribution in [0.3, 0.4) is 0 Å². The number of halogens is 1. The van der Waals surface area contributed by atoms with Crippen LogP contribution in [0.1, 0.15) is 31.4 Å². The Morgan fingerprint density at radius 3 is 2.75 bits per heavy atom. The highest BCUT2D eigenvalue weighted by atomic mass is 35.5. The average Bonchev–Trinajstić information content (AvgIpc) is 3.04. The number of carbonyl (C=O) groups excluding carboxylic acids is 2. The molecule has 1 saturated heterocycles. The molecule has 0 radical (unpaired) electrons. The molecule has 1 N–H and O–H groups in total. The Morgan fingerprint density at radius 2 is 2.00 bits per heavy atom. The van der Waals surface area contributed by atoms with Crippen LogP contribution >= 0.6 is 11.6 Å². The van der Waals surface area contributed by atoms with Crippen molar-refractivity contribution in [2.24, 2.45) is 5.92 Å². The van der Waals surface area contributed by atoms with Gasteiger partial charge in [0.1, 0.15) is 5.75 Å². The highest BCUT2D eigenvalue weighted by Gasteiger charge is 2.35. The van der Waals surface area contributed by atoms with E-state index in [1.807, 2.05) is 57.2 Å². The number of rotatable bonds is 6. The van der Waals surface area contributed by atoms with Gasteiger partial charge in [-0.2, -0.15) is 0 Å². The second kappa shape index (κ2) is 8.65. The molecule has 2 amide bonds. The highest BCUT2D eigenvalue weighted by molar-refractivity contribution is 6.31. The zero-order valence-corrected chi connectivity index (χ0v) is 17.1. The molecule has 1 atom stereocenters.